The van der Waals surface area contributed by atoms with Gasteiger partial charge in [-0.3, -0.25) is 4.98 Å². The Labute approximate surface area is 123 Å². The smallest absolute Gasteiger partial charge is 0.131 e. The third-order valence-electron chi connectivity index (χ3n) is 3.84. The molecule has 0 aliphatic carbocycles. The van der Waals surface area contributed by atoms with E-state index in [-0.39, 0.29) is 11.9 Å². The molecule has 0 saturated heterocycles. The molecular weight excluding hydrogens is 263 g/mol. The molecule has 0 fully saturated rings. The lowest BCUT2D eigenvalue weighted by atomic mass is 9.98. The van der Waals surface area contributed by atoms with Crippen LogP contribution in [0.5, 0.6) is 0 Å². The van der Waals surface area contributed by atoms with Crippen LogP contribution in [0.2, 0.25) is 0 Å². The maximum Gasteiger partial charge on any atom is 0.131 e. The summed E-state index contributed by atoms with van der Waals surface area (Å²) in [6, 6.07) is 15.2. The van der Waals surface area contributed by atoms with Crippen LogP contribution in [0.1, 0.15) is 18.5 Å². The Hall–Kier alpha value is -2.26. The van der Waals surface area contributed by atoms with Gasteiger partial charge in [0.15, 0.2) is 0 Å². The number of nitrogens with one attached hydrogen (secondary N) is 1. The van der Waals surface area contributed by atoms with Crippen molar-refractivity contribution in [3.63, 3.8) is 0 Å². The molecule has 0 aliphatic heterocycles. The van der Waals surface area contributed by atoms with E-state index in [0.29, 0.717) is 5.56 Å². The maximum absolute atomic E-state index is 14.2. The quantitative estimate of drug-likeness (QED) is 0.772. The van der Waals surface area contributed by atoms with Gasteiger partial charge in [-0.25, -0.2) is 4.39 Å². The molecule has 0 aliphatic rings. The number of hydrogen-bond donors (Lipinski definition) is 1. The van der Waals surface area contributed by atoms with Gasteiger partial charge in [0, 0.05) is 23.2 Å². The van der Waals surface area contributed by atoms with Gasteiger partial charge in [0.05, 0.1) is 5.52 Å². The van der Waals surface area contributed by atoms with Crippen LogP contribution in [-0.4, -0.2) is 12.0 Å². The van der Waals surface area contributed by atoms with Crippen molar-refractivity contribution in [1.29, 1.82) is 0 Å². The average Bonchev–Trinajstić information content (AvgIpc) is 2.54. The summed E-state index contributed by atoms with van der Waals surface area (Å²) < 4.78 is 14.2. The zero-order chi connectivity index (χ0) is 14.8. The lowest BCUT2D eigenvalue weighted by Crippen LogP contribution is -2.12. The fourth-order valence-corrected chi connectivity index (χ4v) is 2.44. The van der Waals surface area contributed by atoms with Gasteiger partial charge in [0.1, 0.15) is 5.82 Å². The highest BCUT2D eigenvalue weighted by molar-refractivity contribution is 5.84. The molecule has 0 radical (unpaired) electrons. The van der Waals surface area contributed by atoms with Crippen LogP contribution in [0, 0.1) is 5.82 Å². The Morgan fingerprint density at radius 1 is 1.10 bits per heavy atom. The van der Waals surface area contributed by atoms with E-state index < -0.39 is 0 Å². The second kappa shape index (κ2) is 5.62. The predicted octanol–water partition coefficient (Wildman–Crippen LogP) is 4.32. The largest absolute Gasteiger partial charge is 0.313 e. The zero-order valence-corrected chi connectivity index (χ0v) is 12.1. The van der Waals surface area contributed by atoms with Crippen molar-refractivity contribution < 1.29 is 4.39 Å². The Bertz CT molecular complexity index is 783. The van der Waals surface area contributed by atoms with E-state index in [1.165, 1.54) is 6.07 Å². The summed E-state index contributed by atoms with van der Waals surface area (Å²) in [5.41, 5.74) is 3.49. The molecule has 1 atom stereocenters. The Morgan fingerprint density at radius 2 is 1.95 bits per heavy atom. The van der Waals surface area contributed by atoms with Gasteiger partial charge in [0.25, 0.3) is 0 Å². The molecule has 2 nitrogen and oxygen atoms in total. The van der Waals surface area contributed by atoms with Crippen LogP contribution >= 0.6 is 0 Å². The van der Waals surface area contributed by atoms with Crippen LogP contribution in [0.4, 0.5) is 4.39 Å². The van der Waals surface area contributed by atoms with Crippen molar-refractivity contribution in [1.82, 2.24) is 10.3 Å². The summed E-state index contributed by atoms with van der Waals surface area (Å²) in [5.74, 6) is -0.203. The number of rotatable bonds is 3. The van der Waals surface area contributed by atoms with Gasteiger partial charge in [-0.2, -0.15) is 0 Å². The van der Waals surface area contributed by atoms with Crippen LogP contribution in [0.25, 0.3) is 22.0 Å². The molecule has 0 amide bonds. The second-order valence-corrected chi connectivity index (χ2v) is 5.16. The standard InChI is InChI=1S/C18H17FN2/c1-12(20-2)13-5-7-17(19)16(11-13)14-6-8-18-15(10-14)4-3-9-21-18/h3-12,20H,1-2H3. The Kier molecular flexibility index (Phi) is 3.67. The van der Waals surface area contributed by atoms with Gasteiger partial charge in [-0.05, 0) is 55.4 Å². The first kappa shape index (κ1) is 13.7. The zero-order valence-electron chi connectivity index (χ0n) is 12.1. The van der Waals surface area contributed by atoms with Crippen molar-refractivity contribution in [3.05, 3.63) is 66.1 Å². The van der Waals surface area contributed by atoms with E-state index in [2.05, 4.69) is 17.2 Å². The van der Waals surface area contributed by atoms with Crippen molar-refractivity contribution in [2.24, 2.45) is 0 Å². The van der Waals surface area contributed by atoms with Crippen molar-refractivity contribution in [3.8, 4) is 11.1 Å². The average molecular weight is 280 g/mol. The summed E-state index contributed by atoms with van der Waals surface area (Å²) >= 11 is 0. The van der Waals surface area contributed by atoms with Crippen LogP contribution in [0.3, 0.4) is 0 Å². The molecule has 3 heteroatoms. The van der Waals surface area contributed by atoms with Crippen molar-refractivity contribution in [2.45, 2.75) is 13.0 Å². The second-order valence-electron chi connectivity index (χ2n) is 5.16. The summed E-state index contributed by atoms with van der Waals surface area (Å²) in [4.78, 5) is 4.29. The SMILES string of the molecule is CNC(C)c1ccc(F)c(-c2ccc3ncccc3c2)c1. The lowest BCUT2D eigenvalue weighted by molar-refractivity contribution is 0.622. The highest BCUT2D eigenvalue weighted by atomic mass is 19.1. The summed E-state index contributed by atoms with van der Waals surface area (Å²) in [6.45, 7) is 2.06. The number of nitrogens with zero attached hydrogens (tertiary/aromatic N) is 1. The maximum atomic E-state index is 14.2. The molecule has 0 bridgehead atoms. The monoisotopic (exact) mass is 280 g/mol. The molecule has 2 aromatic carbocycles. The highest BCUT2D eigenvalue weighted by Crippen LogP contribution is 2.28. The first-order chi connectivity index (χ1) is 10.2. The Balaban J connectivity index is 2.12. The van der Waals surface area contributed by atoms with E-state index in [0.717, 1.165) is 22.0 Å². The first-order valence-electron chi connectivity index (χ1n) is 7.01. The molecule has 1 unspecified atom stereocenters. The molecule has 3 aromatic rings. The molecular formula is C18H17FN2. The van der Waals surface area contributed by atoms with Crippen LogP contribution < -0.4 is 5.32 Å². The van der Waals surface area contributed by atoms with E-state index in [9.17, 15) is 4.39 Å². The normalized spacial score (nSPS) is 12.5. The van der Waals surface area contributed by atoms with E-state index in [1.54, 1.807) is 6.20 Å². The molecule has 1 N–H and O–H groups in total. The fraction of sp³-hybridized carbons (Fsp3) is 0.167. The van der Waals surface area contributed by atoms with E-state index >= 15 is 0 Å². The Morgan fingerprint density at radius 3 is 2.76 bits per heavy atom. The van der Waals surface area contributed by atoms with E-state index in [1.807, 2.05) is 49.5 Å². The van der Waals surface area contributed by atoms with Gasteiger partial charge in [-0.1, -0.05) is 18.2 Å². The highest BCUT2D eigenvalue weighted by Gasteiger charge is 2.10. The van der Waals surface area contributed by atoms with Gasteiger partial charge in [0.2, 0.25) is 0 Å². The fourth-order valence-electron chi connectivity index (χ4n) is 2.44. The molecule has 1 aromatic heterocycles. The minimum absolute atomic E-state index is 0.187. The van der Waals surface area contributed by atoms with Crippen LogP contribution in [-0.2, 0) is 0 Å². The number of aromatic nitrogens is 1. The number of pyridine rings is 1. The summed E-state index contributed by atoms with van der Waals surface area (Å²) in [7, 11) is 1.90. The summed E-state index contributed by atoms with van der Waals surface area (Å²) in [6.07, 6.45) is 1.76. The van der Waals surface area contributed by atoms with Gasteiger partial charge < -0.3 is 5.32 Å². The third kappa shape index (κ3) is 2.65. The third-order valence-corrected chi connectivity index (χ3v) is 3.84. The first-order valence-corrected chi connectivity index (χ1v) is 7.01. The molecule has 3 rings (SSSR count). The van der Waals surface area contributed by atoms with Gasteiger partial charge in [-0.15, -0.1) is 0 Å². The molecule has 1 heterocycles. The van der Waals surface area contributed by atoms with Crippen LogP contribution in [0.15, 0.2) is 54.7 Å². The minimum atomic E-state index is -0.203. The number of fused-ring (bicyclic) bond motifs is 1. The number of halogens is 1. The summed E-state index contributed by atoms with van der Waals surface area (Å²) in [5, 5.41) is 4.19. The minimum Gasteiger partial charge on any atom is -0.313 e. The predicted molar refractivity (Wildman–Crippen MR) is 84.6 cm³/mol. The van der Waals surface area contributed by atoms with Crippen molar-refractivity contribution >= 4 is 10.9 Å². The van der Waals surface area contributed by atoms with Crippen molar-refractivity contribution in [2.75, 3.05) is 7.05 Å². The molecule has 106 valence electrons. The molecule has 21 heavy (non-hydrogen) atoms. The molecule has 0 spiro atoms. The number of benzene rings is 2. The van der Waals surface area contributed by atoms with Gasteiger partial charge >= 0.3 is 0 Å². The topological polar surface area (TPSA) is 24.9 Å². The number of hydrogen-bond acceptors (Lipinski definition) is 2. The molecule has 0 saturated carbocycles. The lowest BCUT2D eigenvalue weighted by Gasteiger charge is -2.13. The van der Waals surface area contributed by atoms with E-state index in [4.69, 9.17) is 0 Å².